The summed E-state index contributed by atoms with van der Waals surface area (Å²) in [5.74, 6) is 0.751. The lowest BCUT2D eigenvalue weighted by Gasteiger charge is -2.15. The molecule has 0 aliphatic heterocycles. The van der Waals surface area contributed by atoms with Crippen LogP contribution in [0.25, 0.3) is 0 Å². The number of benzene rings is 1. The van der Waals surface area contributed by atoms with Crippen LogP contribution < -0.4 is 0 Å². The molecule has 1 atom stereocenters. The van der Waals surface area contributed by atoms with Crippen molar-refractivity contribution in [3.05, 3.63) is 34.9 Å². The number of halogens is 2. The fourth-order valence-corrected chi connectivity index (χ4v) is 3.67. The molecule has 0 bridgehead atoms. The zero-order valence-electron chi connectivity index (χ0n) is 10.4. The molecule has 0 N–H and O–H groups in total. The minimum atomic E-state index is -2.86. The van der Waals surface area contributed by atoms with Crippen molar-refractivity contribution >= 4 is 37.4 Å². The number of alkyl halides is 1. The predicted molar refractivity (Wildman–Crippen MR) is 81.5 cm³/mol. The van der Waals surface area contributed by atoms with E-state index in [2.05, 4.69) is 15.9 Å². The van der Waals surface area contributed by atoms with Crippen LogP contribution in [0.2, 0.25) is 5.02 Å². The van der Waals surface area contributed by atoms with E-state index < -0.39 is 9.84 Å². The maximum absolute atomic E-state index is 11.4. The van der Waals surface area contributed by atoms with Crippen molar-refractivity contribution in [1.29, 1.82) is 0 Å². The molecule has 0 spiro atoms. The van der Waals surface area contributed by atoms with Crippen molar-refractivity contribution in [1.82, 2.24) is 0 Å². The summed E-state index contributed by atoms with van der Waals surface area (Å²) in [6.45, 7) is 1.69. The summed E-state index contributed by atoms with van der Waals surface area (Å²) >= 11 is 9.63. The molecule has 1 aromatic carbocycles. The molecule has 0 radical (unpaired) electrons. The Morgan fingerprint density at radius 2 is 2.00 bits per heavy atom. The van der Waals surface area contributed by atoms with Gasteiger partial charge in [0, 0.05) is 16.1 Å². The highest BCUT2D eigenvalue weighted by Crippen LogP contribution is 2.29. The monoisotopic (exact) mass is 352 g/mol. The maximum Gasteiger partial charge on any atom is 0.150 e. The van der Waals surface area contributed by atoms with Gasteiger partial charge in [0.25, 0.3) is 0 Å². The van der Waals surface area contributed by atoms with Crippen LogP contribution in [0.4, 0.5) is 0 Å². The van der Waals surface area contributed by atoms with Gasteiger partial charge in [-0.1, -0.05) is 52.7 Å². The number of sulfone groups is 1. The van der Waals surface area contributed by atoms with Crippen molar-refractivity contribution < 1.29 is 8.42 Å². The Bertz CT molecular complexity index is 474. The smallest absolute Gasteiger partial charge is 0.150 e. The highest BCUT2D eigenvalue weighted by molar-refractivity contribution is 9.09. The highest BCUT2D eigenvalue weighted by atomic mass is 79.9. The number of hydrogen-bond donors (Lipinski definition) is 0. The predicted octanol–water partition coefficient (Wildman–Crippen LogP) is 4.03. The van der Waals surface area contributed by atoms with Crippen LogP contribution in [-0.2, 0) is 9.84 Å². The van der Waals surface area contributed by atoms with E-state index >= 15 is 0 Å². The van der Waals surface area contributed by atoms with Crippen LogP contribution in [0.3, 0.4) is 0 Å². The third-order valence-electron chi connectivity index (χ3n) is 2.98. The van der Waals surface area contributed by atoms with E-state index in [9.17, 15) is 8.42 Å². The van der Waals surface area contributed by atoms with E-state index in [1.54, 1.807) is 6.92 Å². The molecule has 5 heteroatoms. The average molecular weight is 354 g/mol. The van der Waals surface area contributed by atoms with Gasteiger partial charge < -0.3 is 0 Å². The second kappa shape index (κ2) is 7.51. The zero-order valence-corrected chi connectivity index (χ0v) is 13.6. The summed E-state index contributed by atoms with van der Waals surface area (Å²) < 4.78 is 22.9. The van der Waals surface area contributed by atoms with Crippen LogP contribution in [0.15, 0.2) is 24.3 Å². The first-order chi connectivity index (χ1) is 8.50. The number of rotatable bonds is 7. The first-order valence-electron chi connectivity index (χ1n) is 6.01. The maximum atomic E-state index is 11.4. The lowest BCUT2D eigenvalue weighted by molar-refractivity contribution is 0.588. The van der Waals surface area contributed by atoms with Gasteiger partial charge in [-0.25, -0.2) is 8.42 Å². The van der Waals surface area contributed by atoms with Gasteiger partial charge in [0.15, 0.2) is 0 Å². The summed E-state index contributed by atoms with van der Waals surface area (Å²) in [5.41, 5.74) is 1.09. The molecule has 0 aliphatic carbocycles. The molecular formula is C13H18BrClO2S. The quantitative estimate of drug-likeness (QED) is 0.693. The van der Waals surface area contributed by atoms with E-state index in [1.165, 1.54) is 0 Å². The first-order valence-corrected chi connectivity index (χ1v) is 9.33. The Balaban J connectivity index is 2.61. The van der Waals surface area contributed by atoms with E-state index in [0.29, 0.717) is 6.42 Å². The average Bonchev–Trinajstić information content (AvgIpc) is 2.36. The summed E-state index contributed by atoms with van der Waals surface area (Å²) in [7, 11) is -2.86. The molecule has 102 valence electrons. The fraction of sp³-hybridized carbons (Fsp3) is 0.538. The topological polar surface area (TPSA) is 34.1 Å². The van der Waals surface area contributed by atoms with Crippen molar-refractivity contribution in [2.24, 2.45) is 0 Å². The summed E-state index contributed by atoms with van der Waals surface area (Å²) in [5, 5.41) is 1.54. The summed E-state index contributed by atoms with van der Waals surface area (Å²) in [6.07, 6.45) is 1.51. The number of hydrogen-bond acceptors (Lipinski definition) is 2. The van der Waals surface area contributed by atoms with Gasteiger partial charge in [-0.2, -0.15) is 0 Å². The first kappa shape index (κ1) is 16.0. The zero-order chi connectivity index (χ0) is 13.6. The second-order valence-corrected chi connectivity index (χ2v) is 7.78. The van der Waals surface area contributed by atoms with Gasteiger partial charge in [0.1, 0.15) is 9.84 Å². The third kappa shape index (κ3) is 4.90. The van der Waals surface area contributed by atoms with Crippen LogP contribution >= 0.6 is 27.5 Å². The van der Waals surface area contributed by atoms with Gasteiger partial charge in [0.2, 0.25) is 0 Å². The van der Waals surface area contributed by atoms with E-state index in [-0.39, 0.29) is 17.4 Å². The molecule has 1 rings (SSSR count). The van der Waals surface area contributed by atoms with Gasteiger partial charge in [-0.3, -0.25) is 0 Å². The second-order valence-electron chi connectivity index (χ2n) is 4.25. The molecule has 0 heterocycles. The fourth-order valence-electron chi connectivity index (χ4n) is 1.82. The van der Waals surface area contributed by atoms with Crippen LogP contribution in [-0.4, -0.2) is 25.3 Å². The molecule has 1 aromatic rings. The molecule has 1 unspecified atom stereocenters. The van der Waals surface area contributed by atoms with Crippen molar-refractivity contribution in [3.8, 4) is 0 Å². The van der Waals surface area contributed by atoms with E-state index in [1.807, 2.05) is 24.3 Å². The van der Waals surface area contributed by atoms with Crippen molar-refractivity contribution in [3.63, 3.8) is 0 Å². The molecule has 0 fully saturated rings. The van der Waals surface area contributed by atoms with Gasteiger partial charge in [-0.05, 0) is 30.4 Å². The van der Waals surface area contributed by atoms with Gasteiger partial charge >= 0.3 is 0 Å². The SMILES string of the molecule is CCS(=O)(=O)CCCC(CBr)c1ccccc1Cl. The Labute approximate surface area is 123 Å². The summed E-state index contributed by atoms with van der Waals surface area (Å²) in [4.78, 5) is 0. The molecule has 2 nitrogen and oxygen atoms in total. The molecular weight excluding hydrogens is 336 g/mol. The summed E-state index contributed by atoms with van der Waals surface area (Å²) in [6, 6.07) is 7.73. The lowest BCUT2D eigenvalue weighted by atomic mass is 9.96. The van der Waals surface area contributed by atoms with Crippen LogP contribution in [0, 0.1) is 0 Å². The van der Waals surface area contributed by atoms with Crippen molar-refractivity contribution in [2.45, 2.75) is 25.7 Å². The minimum absolute atomic E-state index is 0.220. The Morgan fingerprint density at radius 3 is 2.56 bits per heavy atom. The molecule has 0 saturated carbocycles. The molecule has 0 amide bonds. The largest absolute Gasteiger partial charge is 0.229 e. The molecule has 0 saturated heterocycles. The lowest BCUT2D eigenvalue weighted by Crippen LogP contribution is -2.10. The molecule has 0 aromatic heterocycles. The van der Waals surface area contributed by atoms with Crippen LogP contribution in [0.5, 0.6) is 0 Å². The van der Waals surface area contributed by atoms with Gasteiger partial charge in [0.05, 0.1) is 5.75 Å². The Morgan fingerprint density at radius 1 is 1.33 bits per heavy atom. The van der Waals surface area contributed by atoms with E-state index in [0.717, 1.165) is 22.3 Å². The highest BCUT2D eigenvalue weighted by Gasteiger charge is 2.15. The third-order valence-corrected chi connectivity index (χ3v) is 5.90. The van der Waals surface area contributed by atoms with Crippen molar-refractivity contribution in [2.75, 3.05) is 16.8 Å². The van der Waals surface area contributed by atoms with Gasteiger partial charge in [-0.15, -0.1) is 0 Å². The Hall–Kier alpha value is -0.0600. The molecule has 18 heavy (non-hydrogen) atoms. The van der Waals surface area contributed by atoms with E-state index in [4.69, 9.17) is 11.6 Å². The minimum Gasteiger partial charge on any atom is -0.229 e. The molecule has 0 aliphatic rings. The standard InChI is InChI=1S/C13H18BrClO2S/c1-2-18(16,17)9-5-6-11(10-14)12-7-3-4-8-13(12)15/h3-4,7-8,11H,2,5-6,9-10H2,1H3. The normalized spacial score (nSPS) is 13.5. The Kier molecular flexibility index (Phi) is 6.67. The van der Waals surface area contributed by atoms with Crippen LogP contribution in [0.1, 0.15) is 31.2 Å².